The van der Waals surface area contributed by atoms with Crippen LogP contribution < -0.4 is 0 Å². The van der Waals surface area contributed by atoms with Gasteiger partial charge >= 0.3 is 0 Å². The summed E-state index contributed by atoms with van der Waals surface area (Å²) in [7, 11) is 0. The van der Waals surface area contributed by atoms with Gasteiger partial charge in [-0.2, -0.15) is 11.3 Å². The number of rotatable bonds is 3. The fourth-order valence-electron chi connectivity index (χ4n) is 0.940. The summed E-state index contributed by atoms with van der Waals surface area (Å²) in [5, 5.41) is 4.09. The summed E-state index contributed by atoms with van der Waals surface area (Å²) in [4.78, 5) is 10.4. The van der Waals surface area contributed by atoms with Crippen LogP contribution in [0.25, 0.3) is 0 Å². The van der Waals surface area contributed by atoms with Crippen molar-refractivity contribution >= 4 is 17.6 Å². The van der Waals surface area contributed by atoms with Gasteiger partial charge in [0, 0.05) is 5.41 Å². The van der Waals surface area contributed by atoms with Gasteiger partial charge in [-0.25, -0.2) is 0 Å². The van der Waals surface area contributed by atoms with Crippen molar-refractivity contribution in [1.29, 1.82) is 0 Å². The minimum Gasteiger partial charge on any atom is -0.290 e. The molecule has 1 rings (SSSR count). The Morgan fingerprint density at radius 2 is 2.36 bits per heavy atom. The lowest BCUT2D eigenvalue weighted by molar-refractivity contribution is 0.449. The SMILES string of the molecule is CC(C)([C]=O)Cc1ccsc1. The molecule has 0 N–H and O–H groups in total. The number of hydrogen-bond donors (Lipinski definition) is 0. The molecule has 2 heteroatoms. The summed E-state index contributed by atoms with van der Waals surface area (Å²) >= 11 is 1.66. The summed E-state index contributed by atoms with van der Waals surface area (Å²) in [5.74, 6) is 0. The smallest absolute Gasteiger partial charge is 0.204 e. The predicted octanol–water partition coefficient (Wildman–Crippen LogP) is 2.43. The maximum Gasteiger partial charge on any atom is 0.204 e. The summed E-state index contributed by atoms with van der Waals surface area (Å²) < 4.78 is 0. The van der Waals surface area contributed by atoms with Crippen LogP contribution in [-0.2, 0) is 11.2 Å². The van der Waals surface area contributed by atoms with E-state index in [0.717, 1.165) is 6.42 Å². The molecular weight excluding hydrogens is 156 g/mol. The monoisotopic (exact) mass is 167 g/mol. The quantitative estimate of drug-likeness (QED) is 0.675. The third-order valence-corrected chi connectivity index (χ3v) is 2.23. The maximum atomic E-state index is 10.4. The maximum absolute atomic E-state index is 10.4. The molecule has 59 valence electrons. The number of hydrogen-bond acceptors (Lipinski definition) is 2. The molecule has 1 heterocycles. The molecule has 0 aromatic carbocycles. The van der Waals surface area contributed by atoms with Crippen LogP contribution in [0.4, 0.5) is 0 Å². The zero-order valence-corrected chi connectivity index (χ0v) is 7.57. The Morgan fingerprint density at radius 1 is 1.64 bits per heavy atom. The van der Waals surface area contributed by atoms with Gasteiger partial charge in [0.2, 0.25) is 6.29 Å². The van der Waals surface area contributed by atoms with Gasteiger partial charge in [-0.3, -0.25) is 4.79 Å². The number of carbonyl (C=O) groups excluding carboxylic acids is 1. The van der Waals surface area contributed by atoms with Crippen molar-refractivity contribution in [3.63, 3.8) is 0 Å². The zero-order valence-electron chi connectivity index (χ0n) is 6.76. The van der Waals surface area contributed by atoms with E-state index in [1.165, 1.54) is 5.56 Å². The second kappa shape index (κ2) is 3.18. The highest BCUT2D eigenvalue weighted by atomic mass is 32.1. The van der Waals surface area contributed by atoms with E-state index >= 15 is 0 Å². The van der Waals surface area contributed by atoms with Gasteiger partial charge < -0.3 is 0 Å². The Morgan fingerprint density at radius 3 is 2.82 bits per heavy atom. The fraction of sp³-hybridized carbons (Fsp3) is 0.444. The summed E-state index contributed by atoms with van der Waals surface area (Å²) in [6, 6.07) is 2.05. The topological polar surface area (TPSA) is 17.1 Å². The number of thiophene rings is 1. The van der Waals surface area contributed by atoms with Crippen molar-refractivity contribution in [2.45, 2.75) is 20.3 Å². The van der Waals surface area contributed by atoms with E-state index in [0.29, 0.717) is 0 Å². The van der Waals surface area contributed by atoms with Crippen LogP contribution in [0.5, 0.6) is 0 Å². The molecule has 1 aromatic rings. The highest BCUT2D eigenvalue weighted by molar-refractivity contribution is 7.07. The second-order valence-electron chi connectivity index (χ2n) is 3.29. The third-order valence-electron chi connectivity index (χ3n) is 1.50. The molecule has 1 aromatic heterocycles. The summed E-state index contributed by atoms with van der Waals surface area (Å²) in [5.41, 5.74) is 0.893. The molecule has 0 bridgehead atoms. The largest absolute Gasteiger partial charge is 0.290 e. The second-order valence-corrected chi connectivity index (χ2v) is 4.07. The van der Waals surface area contributed by atoms with Crippen molar-refractivity contribution in [3.05, 3.63) is 22.4 Å². The first kappa shape index (κ1) is 8.47. The molecule has 0 saturated carbocycles. The molecule has 0 atom stereocenters. The Kier molecular flexibility index (Phi) is 2.45. The summed E-state index contributed by atoms with van der Waals surface area (Å²) in [6.45, 7) is 3.80. The van der Waals surface area contributed by atoms with Gasteiger partial charge in [0.05, 0.1) is 0 Å². The predicted molar refractivity (Wildman–Crippen MR) is 47.5 cm³/mol. The van der Waals surface area contributed by atoms with Crippen molar-refractivity contribution in [3.8, 4) is 0 Å². The lowest BCUT2D eigenvalue weighted by atomic mass is 9.89. The van der Waals surface area contributed by atoms with Gasteiger partial charge in [-0.05, 0) is 28.8 Å². The van der Waals surface area contributed by atoms with Gasteiger partial charge in [-0.1, -0.05) is 13.8 Å². The minimum atomic E-state index is -0.332. The molecule has 0 aliphatic heterocycles. The van der Waals surface area contributed by atoms with Gasteiger partial charge in [0.15, 0.2) is 0 Å². The molecular formula is C9H11OS. The van der Waals surface area contributed by atoms with Crippen LogP contribution in [-0.4, -0.2) is 6.29 Å². The molecule has 0 aliphatic rings. The molecule has 11 heavy (non-hydrogen) atoms. The molecule has 0 amide bonds. The van der Waals surface area contributed by atoms with Crippen LogP contribution in [0.1, 0.15) is 19.4 Å². The van der Waals surface area contributed by atoms with Crippen LogP contribution in [0.2, 0.25) is 0 Å². The van der Waals surface area contributed by atoms with Gasteiger partial charge in [0.25, 0.3) is 0 Å². The van der Waals surface area contributed by atoms with E-state index in [1.807, 2.05) is 31.6 Å². The van der Waals surface area contributed by atoms with Crippen molar-refractivity contribution in [1.82, 2.24) is 0 Å². The van der Waals surface area contributed by atoms with E-state index in [1.54, 1.807) is 11.3 Å². The Labute approximate surface area is 71.1 Å². The first-order valence-corrected chi connectivity index (χ1v) is 4.49. The molecule has 0 saturated heterocycles. The highest BCUT2D eigenvalue weighted by Gasteiger charge is 2.18. The average Bonchev–Trinajstić information content (AvgIpc) is 2.39. The molecule has 0 fully saturated rings. The normalized spacial score (nSPS) is 11.5. The molecule has 1 nitrogen and oxygen atoms in total. The lowest BCUT2D eigenvalue weighted by Crippen LogP contribution is -2.15. The molecule has 1 radical (unpaired) electrons. The lowest BCUT2D eigenvalue weighted by Gasteiger charge is -2.13. The van der Waals surface area contributed by atoms with E-state index in [9.17, 15) is 4.79 Å². The van der Waals surface area contributed by atoms with Crippen LogP contribution in [0, 0.1) is 5.41 Å². The summed E-state index contributed by atoms with van der Waals surface area (Å²) in [6.07, 6.45) is 2.83. The van der Waals surface area contributed by atoms with Gasteiger partial charge in [-0.15, -0.1) is 0 Å². The Balaban J connectivity index is 2.63. The highest BCUT2D eigenvalue weighted by Crippen LogP contribution is 2.20. The van der Waals surface area contributed by atoms with E-state index in [2.05, 4.69) is 5.38 Å². The first-order chi connectivity index (χ1) is 5.14. The standard InChI is InChI=1S/C9H11OS/c1-9(2,7-10)5-8-3-4-11-6-8/h3-4,6H,5H2,1-2H3. The van der Waals surface area contributed by atoms with Crippen LogP contribution >= 0.6 is 11.3 Å². The fourth-order valence-corrected chi connectivity index (χ4v) is 1.61. The van der Waals surface area contributed by atoms with E-state index < -0.39 is 0 Å². The van der Waals surface area contributed by atoms with Gasteiger partial charge in [0.1, 0.15) is 0 Å². The molecule has 0 spiro atoms. The van der Waals surface area contributed by atoms with Crippen LogP contribution in [0.3, 0.4) is 0 Å². The van der Waals surface area contributed by atoms with Crippen molar-refractivity contribution in [2.24, 2.45) is 5.41 Å². The Hall–Kier alpha value is -0.630. The zero-order chi connectivity index (χ0) is 8.32. The minimum absolute atomic E-state index is 0.332. The average molecular weight is 167 g/mol. The van der Waals surface area contributed by atoms with Crippen LogP contribution in [0.15, 0.2) is 16.8 Å². The van der Waals surface area contributed by atoms with E-state index in [4.69, 9.17) is 0 Å². The van der Waals surface area contributed by atoms with Crippen molar-refractivity contribution < 1.29 is 4.79 Å². The first-order valence-electron chi connectivity index (χ1n) is 3.54. The molecule has 0 aliphatic carbocycles. The van der Waals surface area contributed by atoms with Crippen molar-refractivity contribution in [2.75, 3.05) is 0 Å². The van der Waals surface area contributed by atoms with E-state index in [-0.39, 0.29) is 5.41 Å². The third kappa shape index (κ3) is 2.46. The molecule has 0 unspecified atom stereocenters. The Bertz CT molecular complexity index is 224.